The van der Waals surface area contributed by atoms with Crippen LogP contribution in [0.15, 0.2) is 18.2 Å². The van der Waals surface area contributed by atoms with Gasteiger partial charge in [0, 0.05) is 30.1 Å². The minimum absolute atomic E-state index is 0.0341. The monoisotopic (exact) mass is 304 g/mol. The predicted molar refractivity (Wildman–Crippen MR) is 86.1 cm³/mol. The van der Waals surface area contributed by atoms with E-state index < -0.39 is 4.92 Å². The number of carbonyl (C=O) groups excluding carboxylic acids is 1. The van der Waals surface area contributed by atoms with Crippen LogP contribution in [0.3, 0.4) is 0 Å². The molecule has 1 aromatic carbocycles. The Bertz CT molecular complexity index is 629. The van der Waals surface area contributed by atoms with Gasteiger partial charge in [-0.15, -0.1) is 0 Å². The SMILES string of the molecule is CC(N1CC(C)(C)c2ccc([N+](=O)[O-])cc2C1=O)C(C)(C)C. The van der Waals surface area contributed by atoms with Crippen molar-refractivity contribution in [2.24, 2.45) is 5.41 Å². The smallest absolute Gasteiger partial charge is 0.270 e. The molecule has 2 rings (SSSR count). The summed E-state index contributed by atoms with van der Waals surface area (Å²) < 4.78 is 0. The van der Waals surface area contributed by atoms with Crippen molar-refractivity contribution in [2.45, 2.75) is 53.0 Å². The molecule has 1 aromatic rings. The summed E-state index contributed by atoms with van der Waals surface area (Å²) in [7, 11) is 0. The molecular formula is C17H24N2O3. The van der Waals surface area contributed by atoms with E-state index in [2.05, 4.69) is 34.6 Å². The highest BCUT2D eigenvalue weighted by molar-refractivity contribution is 5.98. The van der Waals surface area contributed by atoms with Gasteiger partial charge in [0.25, 0.3) is 11.6 Å². The number of fused-ring (bicyclic) bond motifs is 1. The van der Waals surface area contributed by atoms with Gasteiger partial charge in [-0.1, -0.05) is 40.7 Å². The van der Waals surface area contributed by atoms with E-state index in [9.17, 15) is 14.9 Å². The Kier molecular flexibility index (Phi) is 3.80. The minimum atomic E-state index is -0.452. The third-order valence-corrected chi connectivity index (χ3v) is 4.72. The van der Waals surface area contributed by atoms with Gasteiger partial charge in [-0.05, 0) is 17.9 Å². The Morgan fingerprint density at radius 2 is 1.91 bits per heavy atom. The van der Waals surface area contributed by atoms with Gasteiger partial charge in [0.05, 0.1) is 10.5 Å². The zero-order valence-corrected chi connectivity index (χ0v) is 14.1. The molecule has 5 nitrogen and oxygen atoms in total. The van der Waals surface area contributed by atoms with Crippen molar-refractivity contribution in [1.29, 1.82) is 0 Å². The lowest BCUT2D eigenvalue weighted by atomic mass is 9.75. The van der Waals surface area contributed by atoms with Crippen LogP contribution in [0.4, 0.5) is 5.69 Å². The normalized spacial score (nSPS) is 18.8. The van der Waals surface area contributed by atoms with Crippen LogP contribution < -0.4 is 0 Å². The number of amides is 1. The minimum Gasteiger partial charge on any atom is -0.335 e. The van der Waals surface area contributed by atoms with Gasteiger partial charge >= 0.3 is 0 Å². The standard InChI is InChI=1S/C17H24N2O3/c1-11(16(2,3)4)18-10-17(5,6)14-8-7-12(19(21)22)9-13(14)15(18)20/h7-9,11H,10H2,1-6H3. The van der Waals surface area contributed by atoms with E-state index in [0.717, 1.165) is 5.56 Å². The lowest BCUT2D eigenvalue weighted by molar-refractivity contribution is -0.384. The largest absolute Gasteiger partial charge is 0.335 e. The molecule has 0 aromatic heterocycles. The second-order valence-electron chi connectivity index (χ2n) is 7.85. The summed E-state index contributed by atoms with van der Waals surface area (Å²) in [6, 6.07) is 4.67. The van der Waals surface area contributed by atoms with E-state index in [1.54, 1.807) is 6.07 Å². The summed E-state index contributed by atoms with van der Waals surface area (Å²) in [5.41, 5.74) is 1.04. The van der Waals surface area contributed by atoms with Crippen molar-refractivity contribution in [3.63, 3.8) is 0 Å². The quantitative estimate of drug-likeness (QED) is 0.617. The molecule has 1 atom stereocenters. The average Bonchev–Trinajstić information content (AvgIpc) is 2.40. The molecule has 1 aliphatic heterocycles. The van der Waals surface area contributed by atoms with Crippen LogP contribution in [0, 0.1) is 15.5 Å². The van der Waals surface area contributed by atoms with Crippen LogP contribution in [0.25, 0.3) is 0 Å². The highest BCUT2D eigenvalue weighted by Crippen LogP contribution is 2.38. The van der Waals surface area contributed by atoms with Crippen LogP contribution in [-0.4, -0.2) is 28.3 Å². The van der Waals surface area contributed by atoms with Crippen LogP contribution in [0.2, 0.25) is 0 Å². The number of carbonyl (C=O) groups is 1. The van der Waals surface area contributed by atoms with Gasteiger partial charge in [-0.3, -0.25) is 14.9 Å². The highest BCUT2D eigenvalue weighted by Gasteiger charge is 2.41. The van der Waals surface area contributed by atoms with Gasteiger partial charge in [-0.2, -0.15) is 0 Å². The molecule has 22 heavy (non-hydrogen) atoms. The van der Waals surface area contributed by atoms with E-state index in [0.29, 0.717) is 12.1 Å². The van der Waals surface area contributed by atoms with Crippen molar-refractivity contribution in [3.05, 3.63) is 39.4 Å². The second kappa shape index (κ2) is 5.07. The first-order valence-electron chi connectivity index (χ1n) is 7.55. The Balaban J connectivity index is 2.55. The average molecular weight is 304 g/mol. The van der Waals surface area contributed by atoms with Gasteiger partial charge in [0.2, 0.25) is 0 Å². The summed E-state index contributed by atoms with van der Waals surface area (Å²) >= 11 is 0. The fourth-order valence-corrected chi connectivity index (χ4v) is 2.93. The fourth-order valence-electron chi connectivity index (χ4n) is 2.93. The predicted octanol–water partition coefficient (Wildman–Crippen LogP) is 3.76. The number of nitro groups is 1. The first-order chi connectivity index (χ1) is 9.95. The van der Waals surface area contributed by atoms with Crippen LogP contribution in [0.1, 0.15) is 57.5 Å². The molecule has 0 bridgehead atoms. The maximum Gasteiger partial charge on any atom is 0.270 e. The number of nitro benzene ring substituents is 1. The number of non-ortho nitro benzene ring substituents is 1. The molecule has 0 radical (unpaired) electrons. The van der Waals surface area contributed by atoms with E-state index in [1.807, 2.05) is 11.8 Å². The summed E-state index contributed by atoms with van der Waals surface area (Å²) in [6.07, 6.45) is 0. The molecule has 5 heteroatoms. The topological polar surface area (TPSA) is 63.4 Å². The number of hydrogen-bond donors (Lipinski definition) is 0. The second-order valence-corrected chi connectivity index (χ2v) is 7.85. The molecule has 1 unspecified atom stereocenters. The first-order valence-corrected chi connectivity index (χ1v) is 7.55. The third-order valence-electron chi connectivity index (χ3n) is 4.72. The summed E-state index contributed by atoms with van der Waals surface area (Å²) in [5, 5.41) is 11.0. The first kappa shape index (κ1) is 16.5. The van der Waals surface area contributed by atoms with Gasteiger partial charge in [0.1, 0.15) is 0 Å². The highest BCUT2D eigenvalue weighted by atomic mass is 16.6. The number of nitrogens with zero attached hydrogens (tertiary/aromatic N) is 2. The van der Waals surface area contributed by atoms with E-state index in [-0.39, 0.29) is 28.5 Å². The summed E-state index contributed by atoms with van der Waals surface area (Å²) in [4.78, 5) is 25.3. The Morgan fingerprint density at radius 1 is 1.32 bits per heavy atom. The lowest BCUT2D eigenvalue weighted by Gasteiger charge is -2.46. The molecule has 1 heterocycles. The number of benzene rings is 1. The van der Waals surface area contributed by atoms with Gasteiger partial charge in [-0.25, -0.2) is 0 Å². The van der Waals surface area contributed by atoms with Crippen molar-refractivity contribution >= 4 is 11.6 Å². The van der Waals surface area contributed by atoms with Crippen molar-refractivity contribution in [2.75, 3.05) is 6.54 Å². The van der Waals surface area contributed by atoms with Gasteiger partial charge < -0.3 is 4.90 Å². The molecule has 0 aliphatic carbocycles. The Labute approximate surface area is 131 Å². The van der Waals surface area contributed by atoms with Crippen LogP contribution in [-0.2, 0) is 5.41 Å². The summed E-state index contributed by atoms with van der Waals surface area (Å²) in [6.45, 7) is 13.1. The lowest BCUT2D eigenvalue weighted by Crippen LogP contribution is -2.54. The van der Waals surface area contributed by atoms with Crippen molar-refractivity contribution in [1.82, 2.24) is 4.90 Å². The molecule has 0 fully saturated rings. The summed E-state index contributed by atoms with van der Waals surface area (Å²) in [5.74, 6) is -0.111. The van der Waals surface area contributed by atoms with E-state index in [4.69, 9.17) is 0 Å². The zero-order valence-electron chi connectivity index (χ0n) is 14.1. The maximum atomic E-state index is 12.9. The Morgan fingerprint density at radius 3 is 2.41 bits per heavy atom. The maximum absolute atomic E-state index is 12.9. The molecule has 120 valence electrons. The number of rotatable bonds is 2. The van der Waals surface area contributed by atoms with E-state index >= 15 is 0 Å². The Hall–Kier alpha value is -1.91. The molecule has 0 saturated heterocycles. The van der Waals surface area contributed by atoms with Crippen LogP contribution >= 0.6 is 0 Å². The molecular weight excluding hydrogens is 280 g/mol. The third kappa shape index (κ3) is 2.72. The molecule has 1 amide bonds. The number of hydrogen-bond acceptors (Lipinski definition) is 3. The van der Waals surface area contributed by atoms with Crippen LogP contribution in [0.5, 0.6) is 0 Å². The molecule has 1 aliphatic rings. The zero-order chi connectivity index (χ0) is 16.9. The van der Waals surface area contributed by atoms with Crippen molar-refractivity contribution < 1.29 is 9.72 Å². The molecule has 0 spiro atoms. The van der Waals surface area contributed by atoms with Gasteiger partial charge in [0.15, 0.2) is 0 Å². The molecule has 0 N–H and O–H groups in total. The molecule has 0 saturated carbocycles. The van der Waals surface area contributed by atoms with E-state index in [1.165, 1.54) is 12.1 Å². The fraction of sp³-hybridized carbons (Fsp3) is 0.588. The van der Waals surface area contributed by atoms with Crippen molar-refractivity contribution in [3.8, 4) is 0 Å².